The second-order valence-corrected chi connectivity index (χ2v) is 6.04. The zero-order valence-corrected chi connectivity index (χ0v) is 14.7. The molecule has 0 aliphatic carbocycles. The van der Waals surface area contributed by atoms with E-state index in [0.29, 0.717) is 18.1 Å². The van der Waals surface area contributed by atoms with Crippen molar-refractivity contribution in [3.8, 4) is 0 Å². The standard InChI is InChI=1S/C21H19N3O2/c1-3-26-21(25)16-13-18-19(15-11-7-8-12-17(15)24(18)2)20(23-16)22-14-9-5-4-6-10-14/h4-13H,3H2,1-2H3,(H,22,23). The van der Waals surface area contributed by atoms with Crippen LogP contribution in [0, 0.1) is 0 Å². The van der Waals surface area contributed by atoms with Crippen LogP contribution < -0.4 is 5.32 Å². The summed E-state index contributed by atoms with van der Waals surface area (Å²) in [5.41, 5.74) is 3.23. The lowest BCUT2D eigenvalue weighted by Crippen LogP contribution is -2.09. The summed E-state index contributed by atoms with van der Waals surface area (Å²) in [5, 5.41) is 5.43. The number of esters is 1. The van der Waals surface area contributed by atoms with Crippen LogP contribution in [-0.2, 0) is 11.8 Å². The molecule has 2 aromatic carbocycles. The number of carbonyl (C=O) groups excluding carboxylic acids is 1. The van der Waals surface area contributed by atoms with Crippen LogP contribution in [0.2, 0.25) is 0 Å². The summed E-state index contributed by atoms with van der Waals surface area (Å²) in [6, 6.07) is 19.7. The lowest BCUT2D eigenvalue weighted by Gasteiger charge is -2.10. The van der Waals surface area contributed by atoms with Gasteiger partial charge in [-0.1, -0.05) is 36.4 Å². The molecule has 5 heteroatoms. The molecule has 0 aliphatic heterocycles. The van der Waals surface area contributed by atoms with Crippen molar-refractivity contribution in [2.75, 3.05) is 11.9 Å². The maximum atomic E-state index is 12.3. The number of hydrogen-bond acceptors (Lipinski definition) is 4. The van der Waals surface area contributed by atoms with Crippen LogP contribution in [0.3, 0.4) is 0 Å². The van der Waals surface area contributed by atoms with E-state index in [9.17, 15) is 4.79 Å². The van der Waals surface area contributed by atoms with E-state index in [2.05, 4.69) is 27.0 Å². The molecule has 4 rings (SSSR count). The third-order valence-corrected chi connectivity index (χ3v) is 4.42. The average molecular weight is 345 g/mol. The van der Waals surface area contributed by atoms with Gasteiger partial charge in [-0.25, -0.2) is 9.78 Å². The molecule has 0 bridgehead atoms. The molecule has 0 spiro atoms. The van der Waals surface area contributed by atoms with Crippen LogP contribution >= 0.6 is 0 Å². The first kappa shape index (κ1) is 16.1. The molecule has 0 radical (unpaired) electrons. The predicted molar refractivity (Wildman–Crippen MR) is 104 cm³/mol. The van der Waals surface area contributed by atoms with E-state index < -0.39 is 5.97 Å². The molecule has 5 nitrogen and oxygen atoms in total. The van der Waals surface area contributed by atoms with Crippen molar-refractivity contribution in [1.29, 1.82) is 0 Å². The van der Waals surface area contributed by atoms with E-state index in [1.54, 1.807) is 13.0 Å². The largest absolute Gasteiger partial charge is 0.461 e. The number of ether oxygens (including phenoxy) is 1. The topological polar surface area (TPSA) is 56.1 Å². The molecular formula is C21H19N3O2. The predicted octanol–water partition coefficient (Wildman–Crippen LogP) is 4.65. The molecule has 0 saturated carbocycles. The number of anilines is 2. The van der Waals surface area contributed by atoms with Gasteiger partial charge in [-0.3, -0.25) is 0 Å². The Morgan fingerprint density at radius 2 is 1.81 bits per heavy atom. The van der Waals surface area contributed by atoms with Gasteiger partial charge in [0, 0.05) is 23.6 Å². The Hall–Kier alpha value is -3.34. The van der Waals surface area contributed by atoms with E-state index in [0.717, 1.165) is 27.5 Å². The van der Waals surface area contributed by atoms with Crippen LogP contribution in [0.25, 0.3) is 21.8 Å². The molecule has 26 heavy (non-hydrogen) atoms. The highest BCUT2D eigenvalue weighted by molar-refractivity contribution is 6.14. The Bertz CT molecular complexity index is 1100. The number of aryl methyl sites for hydroxylation is 1. The lowest BCUT2D eigenvalue weighted by atomic mass is 10.1. The normalized spacial score (nSPS) is 11.0. The highest BCUT2D eigenvalue weighted by atomic mass is 16.5. The second-order valence-electron chi connectivity index (χ2n) is 6.04. The Labute approximate surface area is 151 Å². The summed E-state index contributed by atoms with van der Waals surface area (Å²) in [7, 11) is 1.99. The maximum Gasteiger partial charge on any atom is 0.357 e. The van der Waals surface area contributed by atoms with Crippen molar-refractivity contribution in [2.45, 2.75) is 6.92 Å². The molecule has 0 saturated heterocycles. The average Bonchev–Trinajstić information content (AvgIpc) is 2.96. The van der Waals surface area contributed by atoms with E-state index in [4.69, 9.17) is 4.74 Å². The first-order chi connectivity index (χ1) is 12.7. The minimum absolute atomic E-state index is 0.295. The van der Waals surface area contributed by atoms with Crippen molar-refractivity contribution >= 4 is 39.3 Å². The van der Waals surface area contributed by atoms with Crippen LogP contribution in [0.1, 0.15) is 17.4 Å². The Morgan fingerprint density at radius 1 is 1.08 bits per heavy atom. The maximum absolute atomic E-state index is 12.3. The number of benzene rings is 2. The zero-order chi connectivity index (χ0) is 18.1. The minimum atomic E-state index is -0.421. The molecule has 0 amide bonds. The van der Waals surface area contributed by atoms with Crippen molar-refractivity contribution in [2.24, 2.45) is 7.05 Å². The fourth-order valence-corrected chi connectivity index (χ4v) is 3.23. The lowest BCUT2D eigenvalue weighted by molar-refractivity contribution is 0.0520. The van der Waals surface area contributed by atoms with Gasteiger partial charge in [0.1, 0.15) is 5.82 Å². The Balaban J connectivity index is 1.99. The van der Waals surface area contributed by atoms with Crippen LogP contribution in [0.15, 0.2) is 60.7 Å². The molecule has 0 fully saturated rings. The summed E-state index contributed by atoms with van der Waals surface area (Å²) in [4.78, 5) is 16.9. The quantitative estimate of drug-likeness (QED) is 0.547. The smallest absolute Gasteiger partial charge is 0.357 e. The molecule has 0 unspecified atom stereocenters. The van der Waals surface area contributed by atoms with Gasteiger partial charge in [0.05, 0.1) is 17.5 Å². The van der Waals surface area contributed by atoms with E-state index in [1.807, 2.05) is 49.5 Å². The Kier molecular flexibility index (Phi) is 4.05. The zero-order valence-electron chi connectivity index (χ0n) is 14.7. The molecule has 0 atom stereocenters. The highest BCUT2D eigenvalue weighted by Gasteiger charge is 2.18. The molecule has 2 heterocycles. The van der Waals surface area contributed by atoms with Crippen LogP contribution in [0.4, 0.5) is 11.5 Å². The van der Waals surface area contributed by atoms with Crippen molar-refractivity contribution in [3.63, 3.8) is 0 Å². The number of nitrogens with zero attached hydrogens (tertiary/aromatic N) is 2. The molecule has 1 N–H and O–H groups in total. The summed E-state index contributed by atoms with van der Waals surface area (Å²) < 4.78 is 7.23. The number of pyridine rings is 1. The third kappa shape index (κ3) is 2.67. The molecular weight excluding hydrogens is 326 g/mol. The van der Waals surface area contributed by atoms with Crippen molar-refractivity contribution < 1.29 is 9.53 Å². The number of nitrogens with one attached hydrogen (secondary N) is 1. The van der Waals surface area contributed by atoms with Gasteiger partial charge < -0.3 is 14.6 Å². The van der Waals surface area contributed by atoms with Gasteiger partial charge in [-0.05, 0) is 31.2 Å². The third-order valence-electron chi connectivity index (χ3n) is 4.42. The number of rotatable bonds is 4. The minimum Gasteiger partial charge on any atom is -0.461 e. The van der Waals surface area contributed by atoms with E-state index >= 15 is 0 Å². The summed E-state index contributed by atoms with van der Waals surface area (Å²) >= 11 is 0. The summed E-state index contributed by atoms with van der Waals surface area (Å²) in [5.74, 6) is 0.226. The van der Waals surface area contributed by atoms with Gasteiger partial charge in [0.2, 0.25) is 0 Å². The molecule has 4 aromatic rings. The molecule has 0 aliphatic rings. The van der Waals surface area contributed by atoms with E-state index in [1.165, 1.54) is 0 Å². The van der Waals surface area contributed by atoms with E-state index in [-0.39, 0.29) is 0 Å². The van der Waals surface area contributed by atoms with Gasteiger partial charge in [-0.2, -0.15) is 0 Å². The Morgan fingerprint density at radius 3 is 2.58 bits per heavy atom. The summed E-state index contributed by atoms with van der Waals surface area (Å²) in [6.07, 6.45) is 0. The van der Waals surface area contributed by atoms with Crippen molar-refractivity contribution in [3.05, 3.63) is 66.4 Å². The number of para-hydroxylation sites is 2. The fourth-order valence-electron chi connectivity index (χ4n) is 3.23. The van der Waals surface area contributed by atoms with Crippen LogP contribution in [0.5, 0.6) is 0 Å². The molecule has 130 valence electrons. The van der Waals surface area contributed by atoms with Gasteiger partial charge in [0.15, 0.2) is 5.69 Å². The van der Waals surface area contributed by atoms with Gasteiger partial charge in [0.25, 0.3) is 0 Å². The van der Waals surface area contributed by atoms with Gasteiger partial charge in [-0.15, -0.1) is 0 Å². The first-order valence-corrected chi connectivity index (χ1v) is 8.56. The number of hydrogen-bond donors (Lipinski definition) is 1. The first-order valence-electron chi connectivity index (χ1n) is 8.56. The van der Waals surface area contributed by atoms with Crippen LogP contribution in [-0.4, -0.2) is 22.1 Å². The van der Waals surface area contributed by atoms with Gasteiger partial charge >= 0.3 is 5.97 Å². The highest BCUT2D eigenvalue weighted by Crippen LogP contribution is 2.34. The number of fused-ring (bicyclic) bond motifs is 3. The summed E-state index contributed by atoms with van der Waals surface area (Å²) in [6.45, 7) is 2.10. The van der Waals surface area contributed by atoms with Crippen molar-refractivity contribution in [1.82, 2.24) is 9.55 Å². The number of carbonyl (C=O) groups is 1. The molecule has 2 aromatic heterocycles. The fraction of sp³-hybridized carbons (Fsp3) is 0.143. The SMILES string of the molecule is CCOC(=O)c1cc2c(c(Nc3ccccc3)n1)c1ccccc1n2C. The number of aromatic nitrogens is 2. The second kappa shape index (κ2) is 6.52. The monoisotopic (exact) mass is 345 g/mol.